The Labute approximate surface area is 122 Å². The van der Waals surface area contributed by atoms with Crippen molar-refractivity contribution in [3.05, 3.63) is 33.6 Å². The molecular formula is C11H9FN4O4S. The maximum absolute atomic E-state index is 14.1. The van der Waals surface area contributed by atoms with Gasteiger partial charge >= 0.3 is 11.7 Å². The van der Waals surface area contributed by atoms with Crippen LogP contribution in [0.1, 0.15) is 10.4 Å². The normalized spacial score (nSPS) is 10.7. The minimum absolute atomic E-state index is 0.0934. The Bertz CT molecular complexity index is 656. The number of nitrogens with one attached hydrogen (secondary N) is 1. The zero-order valence-electron chi connectivity index (χ0n) is 10.9. The summed E-state index contributed by atoms with van der Waals surface area (Å²) in [5.74, 6) is -2.45. The molecule has 0 amide bonds. The summed E-state index contributed by atoms with van der Waals surface area (Å²) >= 11 is 1.04. The highest BCUT2D eigenvalue weighted by molar-refractivity contribution is 8.13. The minimum Gasteiger partial charge on any atom is -0.465 e. The third-order valence-corrected chi connectivity index (χ3v) is 2.84. The molecule has 0 spiro atoms. The lowest BCUT2D eigenvalue weighted by molar-refractivity contribution is -0.387. The molecule has 0 heterocycles. The maximum atomic E-state index is 14.1. The highest BCUT2D eigenvalue weighted by atomic mass is 32.2. The number of halogens is 1. The highest BCUT2D eigenvalue weighted by Crippen LogP contribution is 2.30. The van der Waals surface area contributed by atoms with Gasteiger partial charge in [-0.15, -0.1) is 0 Å². The number of carbonyl (C=O) groups is 1. The van der Waals surface area contributed by atoms with Crippen LogP contribution < -0.4 is 5.32 Å². The van der Waals surface area contributed by atoms with Crippen LogP contribution in [0.15, 0.2) is 17.1 Å². The van der Waals surface area contributed by atoms with Gasteiger partial charge in [0.2, 0.25) is 5.82 Å². The van der Waals surface area contributed by atoms with Crippen LogP contribution in [0.4, 0.5) is 15.8 Å². The van der Waals surface area contributed by atoms with Crippen molar-refractivity contribution in [3.8, 4) is 6.19 Å². The summed E-state index contributed by atoms with van der Waals surface area (Å²) < 4.78 is 18.5. The van der Waals surface area contributed by atoms with Crippen molar-refractivity contribution in [2.45, 2.75) is 0 Å². The van der Waals surface area contributed by atoms with E-state index in [4.69, 9.17) is 5.26 Å². The van der Waals surface area contributed by atoms with Crippen molar-refractivity contribution < 1.29 is 18.8 Å². The molecule has 10 heteroatoms. The van der Waals surface area contributed by atoms with E-state index >= 15 is 0 Å². The van der Waals surface area contributed by atoms with Crippen LogP contribution >= 0.6 is 11.8 Å². The quantitative estimate of drug-likeness (QED) is 0.172. The molecular weight excluding hydrogens is 303 g/mol. The number of nitro groups is 1. The fourth-order valence-corrected chi connectivity index (χ4v) is 1.70. The number of aliphatic imine (C=N–C) groups is 1. The number of rotatable bonds is 3. The second-order valence-electron chi connectivity index (χ2n) is 3.40. The summed E-state index contributed by atoms with van der Waals surface area (Å²) in [6.07, 6.45) is 3.23. The van der Waals surface area contributed by atoms with E-state index in [2.05, 4.69) is 15.0 Å². The van der Waals surface area contributed by atoms with E-state index in [1.807, 2.05) is 0 Å². The van der Waals surface area contributed by atoms with Gasteiger partial charge in [-0.1, -0.05) is 11.8 Å². The monoisotopic (exact) mass is 312 g/mol. The summed E-state index contributed by atoms with van der Waals surface area (Å²) in [7, 11) is 1.01. The highest BCUT2D eigenvalue weighted by Gasteiger charge is 2.26. The zero-order chi connectivity index (χ0) is 16.0. The lowest BCUT2D eigenvalue weighted by atomic mass is 10.1. The van der Waals surface area contributed by atoms with E-state index in [0.717, 1.165) is 31.0 Å². The number of nitrogens with zero attached hydrogens (tertiary/aromatic N) is 3. The molecule has 0 aliphatic heterocycles. The van der Waals surface area contributed by atoms with Crippen molar-refractivity contribution in [2.75, 3.05) is 13.4 Å². The molecule has 0 saturated carbocycles. The first kappa shape index (κ1) is 16.4. The van der Waals surface area contributed by atoms with Crippen molar-refractivity contribution in [2.24, 2.45) is 4.99 Å². The fourth-order valence-electron chi connectivity index (χ4n) is 1.37. The fraction of sp³-hybridized carbons (Fsp3) is 0.182. The first-order chi connectivity index (χ1) is 9.96. The van der Waals surface area contributed by atoms with Crippen molar-refractivity contribution in [1.82, 2.24) is 5.32 Å². The molecule has 21 heavy (non-hydrogen) atoms. The number of nitro benzene ring substituents is 1. The lowest BCUT2D eigenvalue weighted by Crippen LogP contribution is -2.13. The summed E-state index contributed by atoms with van der Waals surface area (Å²) in [6, 6.07) is 1.98. The molecule has 0 aliphatic carbocycles. The standard InChI is InChI=1S/C11H9FN4O4S/c1-20-10(17)8-6(15-11(21-2)14-5-13)3-4-7(9(8)12)16(18)19/h3-4H,1-2H3,(H,14,15). The van der Waals surface area contributed by atoms with Crippen LogP contribution in [0.3, 0.4) is 0 Å². The van der Waals surface area contributed by atoms with Crippen molar-refractivity contribution >= 4 is 34.3 Å². The number of thioether (sulfide) groups is 1. The average Bonchev–Trinajstić information content (AvgIpc) is 2.45. The summed E-state index contributed by atoms with van der Waals surface area (Å²) in [5, 5.41) is 21.6. The number of hydrogen-bond donors (Lipinski definition) is 1. The largest absolute Gasteiger partial charge is 0.465 e. The number of nitriles is 1. The molecule has 0 fully saturated rings. The Kier molecular flexibility index (Phi) is 5.62. The van der Waals surface area contributed by atoms with E-state index in [1.165, 1.54) is 0 Å². The van der Waals surface area contributed by atoms with Crippen LogP contribution in [-0.2, 0) is 4.74 Å². The number of amidine groups is 1. The molecule has 1 rings (SSSR count). The predicted octanol–water partition coefficient (Wildman–Crippen LogP) is 1.94. The van der Waals surface area contributed by atoms with Crippen molar-refractivity contribution in [3.63, 3.8) is 0 Å². The van der Waals surface area contributed by atoms with Crippen molar-refractivity contribution in [1.29, 1.82) is 5.26 Å². The van der Waals surface area contributed by atoms with Gasteiger partial charge in [0.15, 0.2) is 11.4 Å². The Morgan fingerprint density at radius 3 is 2.76 bits per heavy atom. The van der Waals surface area contributed by atoms with E-state index in [0.29, 0.717) is 0 Å². The number of hydrogen-bond acceptors (Lipinski definition) is 7. The third-order valence-electron chi connectivity index (χ3n) is 2.26. The van der Waals surface area contributed by atoms with Crippen LogP contribution in [0.2, 0.25) is 0 Å². The van der Waals surface area contributed by atoms with Gasteiger partial charge in [-0.05, 0) is 12.3 Å². The Balaban J connectivity index is 3.53. The molecule has 8 nitrogen and oxygen atoms in total. The molecule has 1 N–H and O–H groups in total. The van der Waals surface area contributed by atoms with E-state index in [1.54, 1.807) is 12.4 Å². The van der Waals surface area contributed by atoms with Gasteiger partial charge in [-0.3, -0.25) is 15.4 Å². The van der Waals surface area contributed by atoms with Gasteiger partial charge < -0.3 is 4.74 Å². The zero-order valence-corrected chi connectivity index (χ0v) is 11.7. The minimum atomic E-state index is -1.34. The first-order valence-electron chi connectivity index (χ1n) is 5.29. The smallest absolute Gasteiger partial charge is 0.343 e. The number of carbonyl (C=O) groups excluding carboxylic acids is 1. The van der Waals surface area contributed by atoms with Gasteiger partial charge in [-0.2, -0.15) is 9.65 Å². The summed E-state index contributed by atoms with van der Waals surface area (Å²) in [5.41, 5.74) is -1.72. The van der Waals surface area contributed by atoms with Gasteiger partial charge in [-0.25, -0.2) is 9.79 Å². The van der Waals surface area contributed by atoms with E-state index in [9.17, 15) is 19.3 Å². The molecule has 110 valence electrons. The second kappa shape index (κ2) is 7.20. The number of methoxy groups -OCH3 is 1. The van der Waals surface area contributed by atoms with E-state index in [-0.39, 0.29) is 10.9 Å². The maximum Gasteiger partial charge on any atom is 0.343 e. The predicted molar refractivity (Wildman–Crippen MR) is 73.8 cm³/mol. The number of esters is 1. The van der Waals surface area contributed by atoms with Gasteiger partial charge in [0.05, 0.1) is 17.7 Å². The Morgan fingerprint density at radius 2 is 2.29 bits per heavy atom. The third kappa shape index (κ3) is 3.67. The second-order valence-corrected chi connectivity index (χ2v) is 4.19. The Hall–Kier alpha value is -2.67. The lowest BCUT2D eigenvalue weighted by Gasteiger charge is -2.07. The molecule has 0 aromatic heterocycles. The van der Waals surface area contributed by atoms with Gasteiger partial charge in [0, 0.05) is 6.07 Å². The van der Waals surface area contributed by atoms with Gasteiger partial charge in [0.25, 0.3) is 0 Å². The molecule has 0 atom stereocenters. The Morgan fingerprint density at radius 1 is 1.62 bits per heavy atom. The summed E-state index contributed by atoms with van der Waals surface area (Å²) in [6.45, 7) is 0. The molecule has 0 bridgehead atoms. The van der Waals surface area contributed by atoms with Crippen LogP contribution in [0, 0.1) is 27.4 Å². The number of ether oxygens (including phenoxy) is 1. The molecule has 1 aromatic rings. The molecule has 0 radical (unpaired) electrons. The molecule has 1 aromatic carbocycles. The van der Waals surface area contributed by atoms with Gasteiger partial charge in [0.1, 0.15) is 5.56 Å². The molecule has 0 unspecified atom stereocenters. The summed E-state index contributed by atoms with van der Waals surface area (Å²) in [4.78, 5) is 25.2. The van der Waals surface area contributed by atoms with Crippen LogP contribution in [0.25, 0.3) is 0 Å². The van der Waals surface area contributed by atoms with E-state index < -0.39 is 28.0 Å². The number of benzene rings is 1. The molecule has 0 saturated heterocycles. The average molecular weight is 312 g/mol. The SMILES string of the molecule is COC(=O)c1c(N=C(NC#N)SC)ccc([N+](=O)[O-])c1F. The van der Waals surface area contributed by atoms with Crippen LogP contribution in [0.5, 0.6) is 0 Å². The topological polar surface area (TPSA) is 118 Å². The first-order valence-corrected chi connectivity index (χ1v) is 6.51. The molecule has 0 aliphatic rings. The van der Waals surface area contributed by atoms with Crippen LogP contribution in [-0.4, -0.2) is 29.4 Å².